The number of carbonyl (C=O) groups excluding carboxylic acids is 1. The first-order valence-corrected chi connectivity index (χ1v) is 7.70. The summed E-state index contributed by atoms with van der Waals surface area (Å²) < 4.78 is 11.0. The fourth-order valence-electron chi connectivity index (χ4n) is 1.87. The highest BCUT2D eigenvalue weighted by Crippen LogP contribution is 2.16. The summed E-state index contributed by atoms with van der Waals surface area (Å²) in [6.07, 6.45) is 3.29. The molecule has 1 aromatic heterocycles. The predicted molar refractivity (Wildman–Crippen MR) is 83.1 cm³/mol. The highest BCUT2D eigenvalue weighted by molar-refractivity contribution is 7.13. The normalized spacial score (nSPS) is 20.0. The Hall–Kier alpha value is -1.60. The Morgan fingerprint density at radius 2 is 2.38 bits per heavy atom. The molecule has 1 atom stereocenters. The first-order valence-electron chi connectivity index (χ1n) is 6.82. The molecule has 116 valence electrons. The van der Waals surface area contributed by atoms with Gasteiger partial charge in [0.15, 0.2) is 5.13 Å². The zero-order chi connectivity index (χ0) is 15.5. The lowest BCUT2D eigenvalue weighted by molar-refractivity contribution is -0.0261. The minimum Gasteiger partial charge on any atom is -0.444 e. The maximum atomic E-state index is 12.0. The van der Waals surface area contributed by atoms with Crippen molar-refractivity contribution in [3.63, 3.8) is 0 Å². The van der Waals surface area contributed by atoms with Crippen molar-refractivity contribution in [2.45, 2.75) is 32.5 Å². The van der Waals surface area contributed by atoms with Crippen molar-refractivity contribution in [1.29, 1.82) is 0 Å². The predicted octanol–water partition coefficient (Wildman–Crippen LogP) is 2.37. The number of hydrogen-bond acceptors (Lipinski definition) is 6. The summed E-state index contributed by atoms with van der Waals surface area (Å²) in [6, 6.07) is 0. The zero-order valence-corrected chi connectivity index (χ0v) is 13.4. The van der Waals surface area contributed by atoms with Gasteiger partial charge in [-0.15, -0.1) is 11.3 Å². The second-order valence-electron chi connectivity index (χ2n) is 5.81. The highest BCUT2D eigenvalue weighted by Gasteiger charge is 2.26. The second kappa shape index (κ2) is 6.44. The Morgan fingerprint density at radius 3 is 3.00 bits per heavy atom. The molecule has 0 aromatic carbocycles. The lowest BCUT2D eigenvalue weighted by atomic mass is 10.2. The molecule has 1 saturated heterocycles. The molecule has 1 aromatic rings. The summed E-state index contributed by atoms with van der Waals surface area (Å²) in [5, 5.41) is 2.41. The SMILES string of the molecule is CC(C)(C)OC(=O)N1CCOC(C=Cc2csc(N)n2)C1. The standard InChI is InChI=1S/C14H21N3O3S/c1-14(2,3)20-13(18)17-6-7-19-11(8-17)5-4-10-9-21-12(15)16-10/h4-5,9,11H,6-8H2,1-3H3,(H2,15,16). The van der Waals surface area contributed by atoms with E-state index in [1.165, 1.54) is 11.3 Å². The summed E-state index contributed by atoms with van der Waals surface area (Å²) in [7, 11) is 0. The summed E-state index contributed by atoms with van der Waals surface area (Å²) in [5.74, 6) is 0. The second-order valence-corrected chi connectivity index (χ2v) is 6.70. The van der Waals surface area contributed by atoms with Crippen molar-refractivity contribution < 1.29 is 14.3 Å². The van der Waals surface area contributed by atoms with E-state index in [9.17, 15) is 4.79 Å². The first-order chi connectivity index (χ1) is 9.83. The molecule has 0 bridgehead atoms. The van der Waals surface area contributed by atoms with Crippen LogP contribution in [-0.2, 0) is 9.47 Å². The molecule has 6 nitrogen and oxygen atoms in total. The van der Waals surface area contributed by atoms with Crippen LogP contribution in [0.25, 0.3) is 6.08 Å². The Bertz CT molecular complexity index is 522. The van der Waals surface area contributed by atoms with Crippen LogP contribution >= 0.6 is 11.3 Å². The number of aromatic nitrogens is 1. The van der Waals surface area contributed by atoms with E-state index >= 15 is 0 Å². The Balaban J connectivity index is 1.91. The van der Waals surface area contributed by atoms with E-state index in [1.54, 1.807) is 4.90 Å². The van der Waals surface area contributed by atoms with Crippen LogP contribution in [0.4, 0.5) is 9.93 Å². The molecule has 7 heteroatoms. The monoisotopic (exact) mass is 311 g/mol. The Kier molecular flexibility index (Phi) is 4.84. The number of carbonyl (C=O) groups is 1. The number of amides is 1. The maximum absolute atomic E-state index is 12.0. The van der Waals surface area contributed by atoms with E-state index < -0.39 is 5.60 Å². The molecule has 1 aliphatic heterocycles. The van der Waals surface area contributed by atoms with Crippen LogP contribution in [0.3, 0.4) is 0 Å². The van der Waals surface area contributed by atoms with Gasteiger partial charge in [0.25, 0.3) is 0 Å². The van der Waals surface area contributed by atoms with Crippen molar-refractivity contribution >= 4 is 28.6 Å². The molecule has 21 heavy (non-hydrogen) atoms. The molecule has 2 N–H and O–H groups in total. The number of nitrogens with zero attached hydrogens (tertiary/aromatic N) is 2. The van der Waals surface area contributed by atoms with Gasteiger partial charge in [-0.3, -0.25) is 0 Å². The number of hydrogen-bond donors (Lipinski definition) is 1. The van der Waals surface area contributed by atoms with Gasteiger partial charge in [-0.25, -0.2) is 9.78 Å². The van der Waals surface area contributed by atoms with Crippen molar-refractivity contribution in [2.75, 3.05) is 25.4 Å². The van der Waals surface area contributed by atoms with E-state index in [0.717, 1.165) is 5.69 Å². The molecule has 2 rings (SSSR count). The molecule has 0 spiro atoms. The molecule has 1 fully saturated rings. The van der Waals surface area contributed by atoms with Gasteiger partial charge in [0, 0.05) is 11.9 Å². The summed E-state index contributed by atoms with van der Waals surface area (Å²) in [5.41, 5.74) is 5.89. The largest absolute Gasteiger partial charge is 0.444 e. The maximum Gasteiger partial charge on any atom is 0.410 e. The average molecular weight is 311 g/mol. The quantitative estimate of drug-likeness (QED) is 0.907. The van der Waals surface area contributed by atoms with Gasteiger partial charge in [-0.1, -0.05) is 6.08 Å². The summed E-state index contributed by atoms with van der Waals surface area (Å²) in [4.78, 5) is 17.8. The molecule has 0 radical (unpaired) electrons. The van der Waals surface area contributed by atoms with E-state index in [4.69, 9.17) is 15.2 Å². The lowest BCUT2D eigenvalue weighted by Crippen LogP contribution is -2.46. The Morgan fingerprint density at radius 1 is 1.62 bits per heavy atom. The number of nitrogen functional groups attached to an aromatic ring is 1. The van der Waals surface area contributed by atoms with Gasteiger partial charge < -0.3 is 20.1 Å². The number of anilines is 1. The van der Waals surface area contributed by atoms with Crippen LogP contribution < -0.4 is 5.73 Å². The van der Waals surface area contributed by atoms with Crippen LogP contribution in [0.5, 0.6) is 0 Å². The van der Waals surface area contributed by atoms with E-state index in [0.29, 0.717) is 24.8 Å². The summed E-state index contributed by atoms with van der Waals surface area (Å²) in [6.45, 7) is 7.08. The minimum absolute atomic E-state index is 0.158. The first kappa shape index (κ1) is 15.8. The van der Waals surface area contributed by atoms with Crippen LogP contribution in [0.1, 0.15) is 26.5 Å². The average Bonchev–Trinajstić information content (AvgIpc) is 2.81. The third-order valence-corrected chi connectivity index (χ3v) is 3.46. The van der Waals surface area contributed by atoms with Crippen LogP contribution in [0, 0.1) is 0 Å². The fraction of sp³-hybridized carbons (Fsp3) is 0.571. The molecule has 1 aliphatic rings. The van der Waals surface area contributed by atoms with Crippen LogP contribution in [0.15, 0.2) is 11.5 Å². The smallest absolute Gasteiger partial charge is 0.410 e. The number of thiazole rings is 1. The van der Waals surface area contributed by atoms with Crippen molar-refractivity contribution in [1.82, 2.24) is 9.88 Å². The molecular formula is C14H21N3O3S. The van der Waals surface area contributed by atoms with Crippen LogP contribution in [0.2, 0.25) is 0 Å². The van der Waals surface area contributed by atoms with Gasteiger partial charge in [0.1, 0.15) is 5.60 Å². The van der Waals surface area contributed by atoms with Gasteiger partial charge in [-0.2, -0.15) is 0 Å². The van der Waals surface area contributed by atoms with E-state index in [2.05, 4.69) is 4.98 Å². The molecule has 0 saturated carbocycles. The molecular weight excluding hydrogens is 290 g/mol. The van der Waals surface area contributed by atoms with Gasteiger partial charge in [-0.05, 0) is 26.8 Å². The number of morpholine rings is 1. The lowest BCUT2D eigenvalue weighted by Gasteiger charge is -2.33. The molecule has 1 unspecified atom stereocenters. The Labute approximate surface area is 128 Å². The zero-order valence-electron chi connectivity index (χ0n) is 12.5. The molecule has 0 aliphatic carbocycles. The topological polar surface area (TPSA) is 77.7 Å². The van der Waals surface area contributed by atoms with E-state index in [1.807, 2.05) is 38.3 Å². The number of rotatable bonds is 2. The number of nitrogens with two attached hydrogens (primary N) is 1. The van der Waals surface area contributed by atoms with Gasteiger partial charge in [0.2, 0.25) is 0 Å². The summed E-state index contributed by atoms with van der Waals surface area (Å²) >= 11 is 1.39. The van der Waals surface area contributed by atoms with Gasteiger partial charge in [0.05, 0.1) is 24.9 Å². The highest BCUT2D eigenvalue weighted by atomic mass is 32.1. The van der Waals surface area contributed by atoms with Crippen molar-refractivity contribution in [3.8, 4) is 0 Å². The van der Waals surface area contributed by atoms with Crippen molar-refractivity contribution in [2.24, 2.45) is 0 Å². The van der Waals surface area contributed by atoms with Gasteiger partial charge >= 0.3 is 6.09 Å². The van der Waals surface area contributed by atoms with E-state index in [-0.39, 0.29) is 12.2 Å². The third-order valence-electron chi connectivity index (χ3n) is 2.77. The molecule has 2 heterocycles. The van der Waals surface area contributed by atoms with Crippen molar-refractivity contribution in [3.05, 3.63) is 17.2 Å². The van der Waals surface area contributed by atoms with Crippen LogP contribution in [-0.4, -0.2) is 47.4 Å². The number of ether oxygens (including phenoxy) is 2. The molecule has 1 amide bonds. The minimum atomic E-state index is -0.487. The fourth-order valence-corrected chi connectivity index (χ4v) is 2.40. The third kappa shape index (κ3) is 5.02.